The van der Waals surface area contributed by atoms with E-state index in [4.69, 9.17) is 0 Å². The Balaban J connectivity index is 0.000000609. The average molecular weight is 591 g/mol. The van der Waals surface area contributed by atoms with E-state index in [0.29, 0.717) is 4.48 Å². The van der Waals surface area contributed by atoms with Crippen LogP contribution in [0, 0.1) is 0 Å². The van der Waals surface area contributed by atoms with Crippen LogP contribution in [0.15, 0.2) is 60.7 Å². The van der Waals surface area contributed by atoms with E-state index in [2.05, 4.69) is 63.7 Å². The van der Waals surface area contributed by atoms with Crippen LogP contribution in [0.3, 0.4) is 0 Å². The number of amides is 1. The molecule has 0 saturated carbocycles. The molecule has 1 N–H and O–H groups in total. The number of carboxylic acid groups (broad SMARTS) is 1. The zero-order chi connectivity index (χ0) is 31.3. The molecule has 5 nitrogen and oxygen atoms in total. The molecule has 0 aliphatic heterocycles. The van der Waals surface area contributed by atoms with Crippen LogP contribution >= 0.6 is 0 Å². The summed E-state index contributed by atoms with van der Waals surface area (Å²) >= 11 is 0. The van der Waals surface area contributed by atoms with Crippen molar-refractivity contribution in [2.75, 3.05) is 27.7 Å². The summed E-state index contributed by atoms with van der Waals surface area (Å²) in [6.07, 6.45) is 23.2. The standard InChI is InChI=1S/C31H52N2O.C7H6O2/c1-5-6-7-8-9-10-11-12-13-14-15-16-17-20-25-32-31(34)30(33(2,3)4)26-28-24-23-27-21-18-19-22-29(27)28;8-7(9)6-4-2-1-3-5-6/h18-19,21-22,24,30H,5-17,20,23,25-26H2,1-4H3;1-5H,(H,8,9). The molecule has 0 bridgehead atoms. The molecule has 0 fully saturated rings. The molecule has 238 valence electrons. The SMILES string of the molecule is CCCCCCCCCCCCCCCCNC(=O)C(CC1=CCc2ccccc21)[N+](C)(C)C.O=C([O-])c1ccccc1. The number of carbonyl (C=O) groups excluding carboxylic acids is 2. The minimum absolute atomic E-state index is 0.0518. The van der Waals surface area contributed by atoms with Crippen LogP contribution in [0.4, 0.5) is 0 Å². The monoisotopic (exact) mass is 590 g/mol. The average Bonchev–Trinajstić information content (AvgIpc) is 3.41. The lowest BCUT2D eigenvalue weighted by atomic mass is 9.97. The number of benzene rings is 2. The van der Waals surface area contributed by atoms with Crippen LogP contribution in [-0.2, 0) is 11.2 Å². The number of likely N-dealkylation sites (N-methyl/N-ethyl adjacent to an activating group) is 1. The third-order valence-electron chi connectivity index (χ3n) is 8.42. The van der Waals surface area contributed by atoms with Crippen LogP contribution < -0.4 is 10.4 Å². The highest BCUT2D eigenvalue weighted by molar-refractivity contribution is 5.85. The van der Waals surface area contributed by atoms with E-state index in [9.17, 15) is 14.7 Å². The van der Waals surface area contributed by atoms with Crippen LogP contribution in [0.1, 0.15) is 125 Å². The lowest BCUT2D eigenvalue weighted by Gasteiger charge is -2.33. The second kappa shape index (κ2) is 20.9. The summed E-state index contributed by atoms with van der Waals surface area (Å²) in [4.78, 5) is 23.2. The summed E-state index contributed by atoms with van der Waals surface area (Å²) in [6.45, 7) is 3.09. The van der Waals surface area contributed by atoms with Crippen LogP contribution in [0.2, 0.25) is 0 Å². The Morgan fingerprint density at radius 2 is 1.26 bits per heavy atom. The summed E-state index contributed by atoms with van der Waals surface area (Å²) in [5.41, 5.74) is 4.28. The smallest absolute Gasteiger partial charge is 0.278 e. The maximum atomic E-state index is 13.1. The topological polar surface area (TPSA) is 69.2 Å². The number of carboxylic acids is 1. The quantitative estimate of drug-likeness (QED) is 0.127. The Morgan fingerprint density at radius 3 is 1.77 bits per heavy atom. The fourth-order valence-corrected chi connectivity index (χ4v) is 5.70. The van der Waals surface area contributed by atoms with Gasteiger partial charge in [0.1, 0.15) is 0 Å². The van der Waals surface area contributed by atoms with E-state index in [1.54, 1.807) is 18.2 Å². The van der Waals surface area contributed by atoms with Gasteiger partial charge < -0.3 is 19.7 Å². The van der Waals surface area contributed by atoms with Gasteiger partial charge in [0.05, 0.1) is 27.1 Å². The lowest BCUT2D eigenvalue weighted by Crippen LogP contribution is -2.54. The molecule has 0 radical (unpaired) electrons. The fraction of sp³-hybridized carbons (Fsp3) is 0.579. The van der Waals surface area contributed by atoms with Gasteiger partial charge in [-0.3, -0.25) is 4.79 Å². The number of hydrogen-bond acceptors (Lipinski definition) is 3. The molecule has 2 aromatic carbocycles. The predicted octanol–water partition coefficient (Wildman–Crippen LogP) is 7.74. The summed E-state index contributed by atoms with van der Waals surface area (Å²) in [6, 6.07) is 16.6. The largest absolute Gasteiger partial charge is 0.545 e. The van der Waals surface area contributed by atoms with Crippen LogP contribution in [0.5, 0.6) is 0 Å². The third-order valence-corrected chi connectivity index (χ3v) is 8.42. The molecule has 5 heteroatoms. The molecule has 1 atom stereocenters. The molecule has 0 heterocycles. The number of nitrogens with zero attached hydrogens (tertiary/aromatic N) is 1. The Labute approximate surface area is 262 Å². The second-order valence-electron chi connectivity index (χ2n) is 13.0. The van der Waals surface area contributed by atoms with Crippen molar-refractivity contribution < 1.29 is 19.2 Å². The van der Waals surface area contributed by atoms with Gasteiger partial charge in [0, 0.05) is 13.0 Å². The number of aromatic carboxylic acids is 1. The fourth-order valence-electron chi connectivity index (χ4n) is 5.70. The molecule has 2 aromatic rings. The summed E-state index contributed by atoms with van der Waals surface area (Å²) in [5.74, 6) is -0.928. The Bertz CT molecular complexity index is 1090. The van der Waals surface area contributed by atoms with Gasteiger partial charge in [-0.25, -0.2) is 0 Å². The summed E-state index contributed by atoms with van der Waals surface area (Å²) in [5, 5.41) is 13.3. The molecular formula is C38H58N2O3. The first-order chi connectivity index (χ1) is 20.7. The maximum Gasteiger partial charge on any atom is 0.278 e. The van der Waals surface area contributed by atoms with E-state index in [-0.39, 0.29) is 17.5 Å². The minimum atomic E-state index is -1.13. The van der Waals surface area contributed by atoms with Crippen molar-refractivity contribution in [3.05, 3.63) is 77.4 Å². The van der Waals surface area contributed by atoms with Gasteiger partial charge in [-0.15, -0.1) is 0 Å². The molecule has 0 spiro atoms. The van der Waals surface area contributed by atoms with Gasteiger partial charge in [0.15, 0.2) is 6.04 Å². The second-order valence-corrected chi connectivity index (χ2v) is 13.0. The van der Waals surface area contributed by atoms with E-state index in [1.165, 1.54) is 112 Å². The molecule has 1 aliphatic rings. The van der Waals surface area contributed by atoms with Gasteiger partial charge in [0.25, 0.3) is 5.91 Å². The van der Waals surface area contributed by atoms with Crippen LogP contribution in [0.25, 0.3) is 5.57 Å². The van der Waals surface area contributed by atoms with E-state index in [0.717, 1.165) is 25.8 Å². The van der Waals surface area contributed by atoms with Crippen molar-refractivity contribution in [2.45, 2.75) is 116 Å². The van der Waals surface area contributed by atoms with E-state index < -0.39 is 5.97 Å². The molecule has 0 aromatic heterocycles. The predicted molar refractivity (Wildman–Crippen MR) is 179 cm³/mol. The van der Waals surface area contributed by atoms with Crippen molar-refractivity contribution in [3.8, 4) is 0 Å². The molecule has 1 amide bonds. The highest BCUT2D eigenvalue weighted by atomic mass is 16.4. The first-order valence-electron chi connectivity index (χ1n) is 16.9. The Hall–Kier alpha value is -2.92. The van der Waals surface area contributed by atoms with E-state index in [1.807, 2.05) is 0 Å². The number of carbonyl (C=O) groups is 2. The van der Waals surface area contributed by atoms with Crippen molar-refractivity contribution in [3.63, 3.8) is 0 Å². The van der Waals surface area contributed by atoms with E-state index >= 15 is 0 Å². The molecule has 0 saturated heterocycles. The number of fused-ring (bicyclic) bond motifs is 1. The van der Waals surface area contributed by atoms with Crippen molar-refractivity contribution in [1.29, 1.82) is 0 Å². The molecular weight excluding hydrogens is 532 g/mol. The number of nitrogens with one attached hydrogen (secondary N) is 1. The molecule has 43 heavy (non-hydrogen) atoms. The van der Waals surface area contributed by atoms with Crippen molar-refractivity contribution in [1.82, 2.24) is 5.32 Å². The number of quaternary nitrogens is 1. The first kappa shape index (κ1) is 36.3. The number of allylic oxidation sites excluding steroid dienone is 1. The zero-order valence-corrected chi connectivity index (χ0v) is 27.5. The number of hydrogen-bond donors (Lipinski definition) is 1. The minimum Gasteiger partial charge on any atom is -0.545 e. The Morgan fingerprint density at radius 1 is 0.744 bits per heavy atom. The molecule has 1 unspecified atom stereocenters. The highest BCUT2D eigenvalue weighted by Gasteiger charge is 2.33. The summed E-state index contributed by atoms with van der Waals surface area (Å²) in [7, 11) is 6.41. The third kappa shape index (κ3) is 14.9. The number of unbranched alkanes of at least 4 members (excludes halogenated alkanes) is 13. The van der Waals surface area contributed by atoms with Gasteiger partial charge in [-0.2, -0.15) is 0 Å². The Kier molecular flexibility index (Phi) is 17.6. The van der Waals surface area contributed by atoms with Gasteiger partial charge in [-0.05, 0) is 35.1 Å². The van der Waals surface area contributed by atoms with Gasteiger partial charge in [-0.1, -0.05) is 151 Å². The van der Waals surface area contributed by atoms with Gasteiger partial charge >= 0.3 is 0 Å². The zero-order valence-electron chi connectivity index (χ0n) is 27.5. The lowest BCUT2D eigenvalue weighted by molar-refractivity contribution is -0.886. The first-order valence-corrected chi connectivity index (χ1v) is 16.9. The normalized spacial score (nSPS) is 13.0. The highest BCUT2D eigenvalue weighted by Crippen LogP contribution is 2.32. The molecule has 1 aliphatic carbocycles. The van der Waals surface area contributed by atoms with Crippen LogP contribution in [-0.4, -0.2) is 50.1 Å². The molecule has 3 rings (SSSR count). The van der Waals surface area contributed by atoms with Gasteiger partial charge in [0.2, 0.25) is 0 Å². The number of rotatable bonds is 20. The maximum absolute atomic E-state index is 13.1. The van der Waals surface area contributed by atoms with Crippen molar-refractivity contribution in [2.24, 2.45) is 0 Å². The van der Waals surface area contributed by atoms with Crippen molar-refractivity contribution >= 4 is 17.4 Å². The summed E-state index contributed by atoms with van der Waals surface area (Å²) < 4.78 is 0.657.